The molecule has 0 saturated heterocycles. The van der Waals surface area contributed by atoms with Gasteiger partial charge >= 0.3 is 0 Å². The minimum Gasteiger partial charge on any atom is -0.383 e. The molecule has 110 valence electrons. The van der Waals surface area contributed by atoms with Crippen LogP contribution in [0.5, 0.6) is 0 Å². The zero-order valence-electron chi connectivity index (χ0n) is 11.9. The van der Waals surface area contributed by atoms with Crippen LogP contribution in [0.2, 0.25) is 0 Å². The van der Waals surface area contributed by atoms with E-state index in [1.54, 1.807) is 12.1 Å². The van der Waals surface area contributed by atoms with Crippen molar-refractivity contribution in [3.05, 3.63) is 34.4 Å². The molecule has 0 bridgehead atoms. The molecule has 6 nitrogen and oxygen atoms in total. The van der Waals surface area contributed by atoms with E-state index in [4.69, 9.17) is 0 Å². The van der Waals surface area contributed by atoms with Gasteiger partial charge in [-0.05, 0) is 25.0 Å². The van der Waals surface area contributed by atoms with Crippen LogP contribution in [0.1, 0.15) is 26.7 Å². The fraction of sp³-hybridized carbons (Fsp3) is 0.500. The summed E-state index contributed by atoms with van der Waals surface area (Å²) >= 11 is 0. The van der Waals surface area contributed by atoms with Crippen LogP contribution in [0.4, 0.5) is 11.4 Å². The number of benzene rings is 1. The third-order valence-corrected chi connectivity index (χ3v) is 3.19. The molecule has 0 spiro atoms. The normalized spacial score (nSPS) is 10.3. The Hall–Kier alpha value is -2.11. The molecule has 0 aromatic heterocycles. The van der Waals surface area contributed by atoms with Crippen molar-refractivity contribution in [2.75, 3.05) is 18.4 Å². The lowest BCUT2D eigenvalue weighted by atomic mass is 10.0. The lowest BCUT2D eigenvalue weighted by Crippen LogP contribution is -2.33. The maximum atomic E-state index is 11.7. The first-order chi connectivity index (χ1) is 9.58. The summed E-state index contributed by atoms with van der Waals surface area (Å²) in [5.74, 6) is 0.162. The third-order valence-electron chi connectivity index (χ3n) is 3.19. The standard InChI is InChI=1S/C14H21N3O3/c1-3-11(4-2)14(18)16-10-9-15-12-5-7-13(8-6-12)17(19)20/h5-8,11,15H,3-4,9-10H2,1-2H3,(H,16,18). The molecule has 1 aromatic rings. The van der Waals surface area contributed by atoms with Crippen molar-refractivity contribution < 1.29 is 9.72 Å². The summed E-state index contributed by atoms with van der Waals surface area (Å²) < 4.78 is 0. The van der Waals surface area contributed by atoms with Gasteiger partial charge in [-0.1, -0.05) is 13.8 Å². The number of nitro benzene ring substituents is 1. The van der Waals surface area contributed by atoms with Gasteiger partial charge in [0.15, 0.2) is 0 Å². The van der Waals surface area contributed by atoms with Gasteiger partial charge in [0.1, 0.15) is 0 Å². The van der Waals surface area contributed by atoms with Gasteiger partial charge in [-0.25, -0.2) is 0 Å². The second-order valence-corrected chi connectivity index (χ2v) is 4.54. The van der Waals surface area contributed by atoms with Crippen LogP contribution in [0.15, 0.2) is 24.3 Å². The fourth-order valence-corrected chi connectivity index (χ4v) is 1.90. The summed E-state index contributed by atoms with van der Waals surface area (Å²) in [5.41, 5.74) is 0.866. The van der Waals surface area contributed by atoms with E-state index in [0.29, 0.717) is 13.1 Å². The van der Waals surface area contributed by atoms with Crippen molar-refractivity contribution in [3.63, 3.8) is 0 Å². The van der Waals surface area contributed by atoms with E-state index in [1.165, 1.54) is 12.1 Å². The van der Waals surface area contributed by atoms with E-state index >= 15 is 0 Å². The number of non-ortho nitro benzene ring substituents is 1. The molecule has 0 fully saturated rings. The molecule has 0 aliphatic rings. The second-order valence-electron chi connectivity index (χ2n) is 4.54. The lowest BCUT2D eigenvalue weighted by molar-refractivity contribution is -0.384. The van der Waals surface area contributed by atoms with Gasteiger partial charge in [0.2, 0.25) is 5.91 Å². The topological polar surface area (TPSA) is 84.3 Å². The number of rotatable bonds is 8. The molecule has 20 heavy (non-hydrogen) atoms. The summed E-state index contributed by atoms with van der Waals surface area (Å²) in [6, 6.07) is 6.21. The largest absolute Gasteiger partial charge is 0.383 e. The number of carbonyl (C=O) groups excluding carboxylic acids is 1. The van der Waals surface area contributed by atoms with Crippen LogP contribution in [0.25, 0.3) is 0 Å². The van der Waals surface area contributed by atoms with E-state index in [9.17, 15) is 14.9 Å². The number of nitrogens with zero attached hydrogens (tertiary/aromatic N) is 1. The molecule has 6 heteroatoms. The number of amides is 1. The van der Waals surface area contributed by atoms with Crippen molar-refractivity contribution in [1.82, 2.24) is 5.32 Å². The predicted octanol–water partition coefficient (Wildman–Crippen LogP) is 2.56. The minimum atomic E-state index is -0.431. The van der Waals surface area contributed by atoms with Crippen LogP contribution >= 0.6 is 0 Å². The quantitative estimate of drug-likeness (QED) is 0.435. The van der Waals surface area contributed by atoms with E-state index in [1.807, 2.05) is 13.8 Å². The molecular weight excluding hydrogens is 258 g/mol. The van der Waals surface area contributed by atoms with E-state index < -0.39 is 4.92 Å². The van der Waals surface area contributed by atoms with Crippen molar-refractivity contribution in [3.8, 4) is 0 Å². The van der Waals surface area contributed by atoms with Gasteiger partial charge in [-0.3, -0.25) is 14.9 Å². The highest BCUT2D eigenvalue weighted by atomic mass is 16.6. The van der Waals surface area contributed by atoms with Gasteiger partial charge in [-0.2, -0.15) is 0 Å². The highest BCUT2D eigenvalue weighted by Crippen LogP contribution is 2.14. The van der Waals surface area contributed by atoms with Crippen LogP contribution < -0.4 is 10.6 Å². The number of carbonyl (C=O) groups is 1. The first-order valence-corrected chi connectivity index (χ1v) is 6.84. The van der Waals surface area contributed by atoms with Crippen LogP contribution in [-0.4, -0.2) is 23.9 Å². The van der Waals surface area contributed by atoms with Crippen molar-refractivity contribution in [2.24, 2.45) is 5.92 Å². The molecular formula is C14H21N3O3. The minimum absolute atomic E-state index is 0.0672. The zero-order chi connectivity index (χ0) is 15.0. The summed E-state index contributed by atoms with van der Waals surface area (Å²) in [6.07, 6.45) is 1.69. The maximum absolute atomic E-state index is 11.7. The Morgan fingerprint density at radius 3 is 2.30 bits per heavy atom. The van der Waals surface area contributed by atoms with Crippen molar-refractivity contribution in [1.29, 1.82) is 0 Å². The van der Waals surface area contributed by atoms with Crippen molar-refractivity contribution in [2.45, 2.75) is 26.7 Å². The molecule has 0 aliphatic carbocycles. The van der Waals surface area contributed by atoms with Crippen LogP contribution in [-0.2, 0) is 4.79 Å². The Morgan fingerprint density at radius 1 is 1.20 bits per heavy atom. The number of nitrogens with one attached hydrogen (secondary N) is 2. The average molecular weight is 279 g/mol. The van der Waals surface area contributed by atoms with Crippen LogP contribution in [0, 0.1) is 16.0 Å². The first kappa shape index (κ1) is 15.9. The fourth-order valence-electron chi connectivity index (χ4n) is 1.90. The molecule has 0 radical (unpaired) electrons. The summed E-state index contributed by atoms with van der Waals surface area (Å²) in [7, 11) is 0. The average Bonchev–Trinajstić information content (AvgIpc) is 2.45. The smallest absolute Gasteiger partial charge is 0.269 e. The van der Waals surface area contributed by atoms with E-state index in [2.05, 4.69) is 10.6 Å². The molecule has 1 rings (SSSR count). The summed E-state index contributed by atoms with van der Waals surface area (Å²) in [6.45, 7) is 5.13. The molecule has 0 aliphatic heterocycles. The molecule has 0 saturated carbocycles. The summed E-state index contributed by atoms with van der Waals surface area (Å²) in [5, 5.41) is 16.5. The van der Waals surface area contributed by atoms with Gasteiger partial charge in [0, 0.05) is 36.8 Å². The summed E-state index contributed by atoms with van der Waals surface area (Å²) in [4.78, 5) is 21.8. The lowest BCUT2D eigenvalue weighted by Gasteiger charge is -2.13. The monoisotopic (exact) mass is 279 g/mol. The Morgan fingerprint density at radius 2 is 1.80 bits per heavy atom. The molecule has 1 aromatic carbocycles. The molecule has 1 amide bonds. The molecule has 0 atom stereocenters. The Kier molecular flexibility index (Phi) is 6.49. The number of hydrogen-bond donors (Lipinski definition) is 2. The number of nitro groups is 1. The predicted molar refractivity (Wildman–Crippen MR) is 78.7 cm³/mol. The van der Waals surface area contributed by atoms with Gasteiger partial charge in [-0.15, -0.1) is 0 Å². The van der Waals surface area contributed by atoms with Crippen LogP contribution in [0.3, 0.4) is 0 Å². The SMILES string of the molecule is CCC(CC)C(=O)NCCNc1ccc([N+](=O)[O-])cc1. The third kappa shape index (κ3) is 4.87. The Bertz CT molecular complexity index is 441. The van der Waals surface area contributed by atoms with Crippen molar-refractivity contribution >= 4 is 17.3 Å². The molecule has 2 N–H and O–H groups in total. The number of anilines is 1. The number of hydrogen-bond acceptors (Lipinski definition) is 4. The Labute approximate surface area is 118 Å². The van der Waals surface area contributed by atoms with E-state index in [0.717, 1.165) is 18.5 Å². The maximum Gasteiger partial charge on any atom is 0.269 e. The van der Waals surface area contributed by atoms with Gasteiger partial charge in [0.05, 0.1) is 4.92 Å². The van der Waals surface area contributed by atoms with E-state index in [-0.39, 0.29) is 17.5 Å². The first-order valence-electron chi connectivity index (χ1n) is 6.84. The highest BCUT2D eigenvalue weighted by molar-refractivity contribution is 5.78. The highest BCUT2D eigenvalue weighted by Gasteiger charge is 2.12. The zero-order valence-corrected chi connectivity index (χ0v) is 11.9. The Balaban J connectivity index is 2.30. The second kappa shape index (κ2) is 8.14. The van der Waals surface area contributed by atoms with Gasteiger partial charge in [0.25, 0.3) is 5.69 Å². The molecule has 0 heterocycles. The molecule has 0 unspecified atom stereocenters. The van der Waals surface area contributed by atoms with Gasteiger partial charge < -0.3 is 10.6 Å².